The topological polar surface area (TPSA) is 136 Å². The first-order valence-corrected chi connectivity index (χ1v) is 13.2. The zero-order valence-electron chi connectivity index (χ0n) is 21.8. The van der Waals surface area contributed by atoms with Crippen molar-refractivity contribution in [2.24, 2.45) is 11.8 Å². The molecule has 2 aromatic heterocycles. The number of ether oxygens (including phenoxy) is 1. The highest BCUT2D eigenvalue weighted by molar-refractivity contribution is 5.77. The molecule has 9 nitrogen and oxygen atoms in total. The summed E-state index contributed by atoms with van der Waals surface area (Å²) < 4.78 is 91.4. The molecule has 3 aliphatic rings. The molecule has 2 heterocycles. The second-order valence-electron chi connectivity index (χ2n) is 10.9. The number of alkyl halides is 7. The maximum absolute atomic E-state index is 13.5. The number of hydrogen-bond acceptors (Lipinski definition) is 6. The molecule has 5 rings (SSSR count). The molecule has 0 unspecified atom stereocenters. The van der Waals surface area contributed by atoms with Gasteiger partial charge >= 0.3 is 6.18 Å². The van der Waals surface area contributed by atoms with E-state index < -0.39 is 30.1 Å². The van der Waals surface area contributed by atoms with Gasteiger partial charge in [-0.25, -0.2) is 27.1 Å². The third kappa shape index (κ3) is 8.27. The Bertz CT molecular complexity index is 1230. The van der Waals surface area contributed by atoms with Gasteiger partial charge in [-0.1, -0.05) is 0 Å². The van der Waals surface area contributed by atoms with Crippen molar-refractivity contribution in [2.75, 3.05) is 6.61 Å². The Labute approximate surface area is 229 Å². The first-order valence-electron chi connectivity index (χ1n) is 13.2. The number of imidazole rings is 1. The van der Waals surface area contributed by atoms with E-state index in [0.29, 0.717) is 18.5 Å². The quantitative estimate of drug-likeness (QED) is 0.449. The standard InChI is InChI=1S/C23H29F4N5O2.C2HF3O2/c24-22(25)5-3-13(4-6-22)20(28)17-11-32-18(30-17)7-15(10-29-32)21(14-1-2-14)31-19(33)12-34-16-8-23(26,27)9-16;3-2(4,5)1(6)7/h7,10-11,13-14,16,20-21H,1-6,8-9,12,28H2,(H,31,33);(H,6,7)/t20-,21+;/m0./s1. The molecule has 0 bridgehead atoms. The predicted molar refractivity (Wildman–Crippen MR) is 124 cm³/mol. The van der Waals surface area contributed by atoms with Gasteiger partial charge in [-0.2, -0.15) is 18.3 Å². The fourth-order valence-electron chi connectivity index (χ4n) is 5.00. The summed E-state index contributed by atoms with van der Waals surface area (Å²) in [6.45, 7) is -0.253. The minimum absolute atomic E-state index is 0.0538. The van der Waals surface area contributed by atoms with Gasteiger partial charge in [0.2, 0.25) is 11.8 Å². The minimum Gasteiger partial charge on any atom is -0.542 e. The van der Waals surface area contributed by atoms with Gasteiger partial charge in [-0.3, -0.25) is 4.79 Å². The Morgan fingerprint density at radius 1 is 1.10 bits per heavy atom. The zero-order valence-corrected chi connectivity index (χ0v) is 21.8. The molecule has 0 radical (unpaired) electrons. The number of fused-ring (bicyclic) bond motifs is 1. The van der Waals surface area contributed by atoms with Crippen molar-refractivity contribution in [2.45, 2.75) is 87.6 Å². The SMILES string of the molecule is O=C([O-])C(F)(F)F.[NH3+][C@H](c1cn2ncc([C@H](NC(=O)COC3CC(F)(F)C3)C3CC3)cc2n1)C1CCC(F)(F)CC1. The van der Waals surface area contributed by atoms with E-state index >= 15 is 0 Å². The molecule has 0 spiro atoms. The smallest absolute Gasteiger partial charge is 0.430 e. The maximum atomic E-state index is 13.5. The summed E-state index contributed by atoms with van der Waals surface area (Å²) in [6.07, 6.45) is -0.425. The molecule has 0 aliphatic heterocycles. The highest BCUT2D eigenvalue weighted by atomic mass is 19.4. The average Bonchev–Trinajstić information content (AvgIpc) is 3.61. The Kier molecular flexibility index (Phi) is 8.83. The summed E-state index contributed by atoms with van der Waals surface area (Å²) in [5, 5.41) is 16.2. The van der Waals surface area contributed by atoms with Gasteiger partial charge in [0.25, 0.3) is 5.92 Å². The Morgan fingerprint density at radius 3 is 2.24 bits per heavy atom. The number of hydrogen-bond donors (Lipinski definition) is 2. The van der Waals surface area contributed by atoms with Gasteiger partial charge in [0, 0.05) is 31.6 Å². The molecule has 228 valence electrons. The van der Waals surface area contributed by atoms with Crippen LogP contribution in [0.1, 0.15) is 74.7 Å². The van der Waals surface area contributed by atoms with Gasteiger partial charge in [-0.05, 0) is 43.2 Å². The van der Waals surface area contributed by atoms with Crippen molar-refractivity contribution >= 4 is 17.5 Å². The summed E-state index contributed by atoms with van der Waals surface area (Å²) in [6, 6.07) is 1.42. The molecule has 3 saturated carbocycles. The van der Waals surface area contributed by atoms with Gasteiger partial charge in [0.15, 0.2) is 5.65 Å². The number of nitrogens with one attached hydrogen (secondary N) is 1. The molecule has 0 aromatic carbocycles. The lowest BCUT2D eigenvalue weighted by molar-refractivity contribution is -0.443. The van der Waals surface area contributed by atoms with E-state index in [1.165, 1.54) is 0 Å². The monoisotopic (exact) mass is 597 g/mol. The first kappa shape index (κ1) is 30.9. The Balaban J connectivity index is 0.000000493. The largest absolute Gasteiger partial charge is 0.542 e. The van der Waals surface area contributed by atoms with Crippen LogP contribution in [0.4, 0.5) is 30.7 Å². The van der Waals surface area contributed by atoms with Crippen LogP contribution >= 0.6 is 0 Å². The molecular formula is C25H30F7N5O4. The third-order valence-corrected chi connectivity index (χ3v) is 7.57. The van der Waals surface area contributed by atoms with Crippen LogP contribution in [0.3, 0.4) is 0 Å². The second-order valence-corrected chi connectivity index (χ2v) is 10.9. The van der Waals surface area contributed by atoms with E-state index in [-0.39, 0.29) is 62.1 Å². The molecule has 4 N–H and O–H groups in total. The average molecular weight is 598 g/mol. The summed E-state index contributed by atoms with van der Waals surface area (Å²) in [5.41, 5.74) is 6.34. The van der Waals surface area contributed by atoms with E-state index in [4.69, 9.17) is 14.6 Å². The van der Waals surface area contributed by atoms with E-state index in [2.05, 4.69) is 21.1 Å². The molecule has 2 aromatic rings. The van der Waals surface area contributed by atoms with Crippen molar-refractivity contribution in [1.82, 2.24) is 19.9 Å². The van der Waals surface area contributed by atoms with Crippen LogP contribution in [0.25, 0.3) is 5.65 Å². The summed E-state index contributed by atoms with van der Waals surface area (Å²) >= 11 is 0. The highest BCUT2D eigenvalue weighted by Crippen LogP contribution is 2.42. The fraction of sp³-hybridized carbons (Fsp3) is 0.680. The van der Waals surface area contributed by atoms with Crippen LogP contribution in [0.2, 0.25) is 0 Å². The minimum atomic E-state index is -5.19. The summed E-state index contributed by atoms with van der Waals surface area (Å²) in [4.78, 5) is 25.9. The molecule has 0 saturated heterocycles. The molecular weight excluding hydrogens is 567 g/mol. The number of rotatable bonds is 8. The number of nitrogens with zero attached hydrogens (tertiary/aromatic N) is 3. The third-order valence-electron chi connectivity index (χ3n) is 7.57. The number of carboxylic acids is 1. The second kappa shape index (κ2) is 11.7. The van der Waals surface area contributed by atoms with Gasteiger partial charge in [-0.15, -0.1) is 0 Å². The molecule has 1 amide bonds. The lowest BCUT2D eigenvalue weighted by atomic mass is 9.81. The first-order chi connectivity index (χ1) is 19.0. The van der Waals surface area contributed by atoms with Crippen molar-refractivity contribution in [3.8, 4) is 0 Å². The van der Waals surface area contributed by atoms with E-state index in [0.717, 1.165) is 24.1 Å². The number of carbonyl (C=O) groups is 2. The summed E-state index contributed by atoms with van der Waals surface area (Å²) in [7, 11) is 0. The number of carbonyl (C=O) groups excluding carboxylic acids is 2. The van der Waals surface area contributed by atoms with Crippen molar-refractivity contribution < 1.29 is 55.9 Å². The normalized spacial score (nSPS) is 22.2. The van der Waals surface area contributed by atoms with Crippen molar-refractivity contribution in [3.05, 3.63) is 29.7 Å². The Morgan fingerprint density at radius 2 is 1.71 bits per heavy atom. The molecule has 41 heavy (non-hydrogen) atoms. The fourth-order valence-corrected chi connectivity index (χ4v) is 5.00. The van der Waals surface area contributed by atoms with Crippen LogP contribution in [0, 0.1) is 11.8 Å². The van der Waals surface area contributed by atoms with Crippen molar-refractivity contribution in [3.63, 3.8) is 0 Å². The highest BCUT2D eigenvalue weighted by Gasteiger charge is 2.46. The van der Waals surface area contributed by atoms with Crippen LogP contribution < -0.4 is 16.2 Å². The van der Waals surface area contributed by atoms with Crippen molar-refractivity contribution in [1.29, 1.82) is 0 Å². The van der Waals surface area contributed by atoms with Gasteiger partial charge < -0.3 is 25.7 Å². The van der Waals surface area contributed by atoms with Gasteiger partial charge in [0.05, 0.1) is 24.5 Å². The lowest BCUT2D eigenvalue weighted by Gasteiger charge is -2.34. The van der Waals surface area contributed by atoms with Crippen LogP contribution in [-0.2, 0) is 14.3 Å². The number of aromatic nitrogens is 3. The molecule has 3 aliphatic carbocycles. The molecule has 3 fully saturated rings. The Hall–Kier alpha value is -3.01. The summed E-state index contributed by atoms with van der Waals surface area (Å²) in [5.74, 6) is -8.28. The number of carboxylic acid groups (broad SMARTS) is 1. The van der Waals surface area contributed by atoms with Crippen LogP contribution in [0.5, 0.6) is 0 Å². The van der Waals surface area contributed by atoms with E-state index in [1.807, 2.05) is 6.07 Å². The number of aliphatic carboxylic acids is 1. The van der Waals surface area contributed by atoms with E-state index in [9.17, 15) is 35.5 Å². The zero-order chi connectivity index (χ0) is 30.2. The predicted octanol–water partition coefficient (Wildman–Crippen LogP) is 2.52. The van der Waals surface area contributed by atoms with Crippen LogP contribution in [-0.4, -0.2) is 57.2 Å². The number of quaternary nitrogens is 1. The van der Waals surface area contributed by atoms with Gasteiger partial charge in [0.1, 0.15) is 24.3 Å². The maximum Gasteiger partial charge on any atom is 0.430 e. The van der Waals surface area contributed by atoms with Crippen LogP contribution in [0.15, 0.2) is 18.5 Å². The lowest BCUT2D eigenvalue weighted by Crippen LogP contribution is -2.57. The number of amides is 1. The molecule has 16 heteroatoms. The van der Waals surface area contributed by atoms with E-state index in [1.54, 1.807) is 16.9 Å². The molecule has 2 atom stereocenters. The number of halogens is 7.